The lowest BCUT2D eigenvalue weighted by molar-refractivity contribution is 0.184. The molecule has 0 saturated heterocycles. The van der Waals surface area contributed by atoms with E-state index in [0.29, 0.717) is 18.1 Å². The van der Waals surface area contributed by atoms with E-state index in [9.17, 15) is 5.11 Å². The van der Waals surface area contributed by atoms with Crippen LogP contribution in [0.4, 0.5) is 0 Å². The van der Waals surface area contributed by atoms with Crippen LogP contribution in [0.25, 0.3) is 10.9 Å². The van der Waals surface area contributed by atoms with Gasteiger partial charge in [-0.15, -0.1) is 11.3 Å². The summed E-state index contributed by atoms with van der Waals surface area (Å²) in [6.45, 7) is 2.28. The Kier molecular flexibility index (Phi) is 5.05. The molecule has 0 aliphatic carbocycles. The van der Waals surface area contributed by atoms with Gasteiger partial charge in [0.2, 0.25) is 0 Å². The van der Waals surface area contributed by atoms with Gasteiger partial charge in [-0.2, -0.15) is 0 Å². The number of hydrogen-bond acceptors (Lipinski definition) is 4. The van der Waals surface area contributed by atoms with E-state index in [0.717, 1.165) is 23.1 Å². The minimum absolute atomic E-state index is 0.139. The first kappa shape index (κ1) is 15.4. The van der Waals surface area contributed by atoms with E-state index in [1.807, 2.05) is 36.4 Å². The molecule has 114 valence electrons. The Hall–Kier alpha value is -1.46. The second-order valence-corrected chi connectivity index (χ2v) is 6.57. The summed E-state index contributed by atoms with van der Waals surface area (Å²) >= 11 is 7.96. The number of nitrogens with zero attached hydrogens (tertiary/aromatic N) is 2. The van der Waals surface area contributed by atoms with Crippen LogP contribution in [0.5, 0.6) is 0 Å². The molecule has 3 nitrogen and oxygen atoms in total. The first-order chi connectivity index (χ1) is 10.8. The quantitative estimate of drug-likeness (QED) is 0.742. The van der Waals surface area contributed by atoms with Gasteiger partial charge in [0.15, 0.2) is 0 Å². The van der Waals surface area contributed by atoms with Crippen LogP contribution in [0.2, 0.25) is 5.02 Å². The molecule has 1 N–H and O–H groups in total. The molecule has 0 unspecified atom stereocenters. The van der Waals surface area contributed by atoms with Crippen LogP contribution < -0.4 is 0 Å². The van der Waals surface area contributed by atoms with Gasteiger partial charge >= 0.3 is 0 Å². The molecule has 3 rings (SSSR count). The van der Waals surface area contributed by atoms with Gasteiger partial charge in [-0.1, -0.05) is 35.9 Å². The molecule has 0 fully saturated rings. The fourth-order valence-electron chi connectivity index (χ4n) is 2.45. The maximum atomic E-state index is 9.28. The number of aliphatic hydroxyl groups excluding tert-OH is 1. The summed E-state index contributed by atoms with van der Waals surface area (Å²) in [5, 5.41) is 13.1. The summed E-state index contributed by atoms with van der Waals surface area (Å²) in [7, 11) is 0. The smallest absolute Gasteiger partial charge is 0.0891 e. The number of halogens is 1. The van der Waals surface area contributed by atoms with Crippen molar-refractivity contribution in [2.75, 3.05) is 13.2 Å². The second kappa shape index (κ2) is 7.20. The summed E-state index contributed by atoms with van der Waals surface area (Å²) in [4.78, 5) is 8.15. The maximum absolute atomic E-state index is 9.28. The molecular weight excluding hydrogens is 316 g/mol. The fourth-order valence-corrected chi connectivity index (χ4v) is 3.42. The van der Waals surface area contributed by atoms with E-state index < -0.39 is 0 Å². The molecule has 2 heterocycles. The molecule has 0 radical (unpaired) electrons. The fraction of sp³-hybridized carbons (Fsp3) is 0.235. The highest BCUT2D eigenvalue weighted by Gasteiger charge is 2.09. The molecule has 1 aromatic carbocycles. The third-order valence-electron chi connectivity index (χ3n) is 3.49. The number of rotatable bonds is 6. The predicted octanol–water partition coefficient (Wildman–Crippen LogP) is 3.94. The van der Waals surface area contributed by atoms with Crippen molar-refractivity contribution in [1.82, 2.24) is 9.88 Å². The van der Waals surface area contributed by atoms with E-state index in [-0.39, 0.29) is 6.61 Å². The largest absolute Gasteiger partial charge is 0.395 e. The highest BCUT2D eigenvalue weighted by molar-refractivity contribution is 7.09. The third kappa shape index (κ3) is 3.65. The molecule has 0 aliphatic rings. The van der Waals surface area contributed by atoms with Crippen LogP contribution >= 0.6 is 22.9 Å². The Labute approximate surface area is 138 Å². The van der Waals surface area contributed by atoms with Gasteiger partial charge in [0.25, 0.3) is 0 Å². The average molecular weight is 333 g/mol. The van der Waals surface area contributed by atoms with Crippen molar-refractivity contribution in [3.05, 3.63) is 63.4 Å². The van der Waals surface area contributed by atoms with Crippen molar-refractivity contribution in [3.8, 4) is 0 Å². The Morgan fingerprint density at radius 2 is 2.00 bits per heavy atom. The number of thiophene rings is 1. The third-order valence-corrected chi connectivity index (χ3v) is 4.66. The first-order valence-electron chi connectivity index (χ1n) is 7.16. The van der Waals surface area contributed by atoms with Crippen LogP contribution in [0.15, 0.2) is 47.8 Å². The average Bonchev–Trinajstić information content (AvgIpc) is 3.01. The predicted molar refractivity (Wildman–Crippen MR) is 92.3 cm³/mol. The highest BCUT2D eigenvalue weighted by atomic mass is 35.5. The lowest BCUT2D eigenvalue weighted by atomic mass is 10.2. The summed E-state index contributed by atoms with van der Waals surface area (Å²) in [5.74, 6) is 0. The van der Waals surface area contributed by atoms with Crippen LogP contribution in [-0.2, 0) is 13.1 Å². The Morgan fingerprint density at radius 1 is 1.09 bits per heavy atom. The van der Waals surface area contributed by atoms with Gasteiger partial charge in [-0.05, 0) is 23.6 Å². The minimum Gasteiger partial charge on any atom is -0.395 e. The number of hydrogen-bond donors (Lipinski definition) is 1. The molecule has 0 bridgehead atoms. The maximum Gasteiger partial charge on any atom is 0.0891 e. The molecule has 0 amide bonds. The SMILES string of the molecule is OCCN(Cc1ccc2cccc(Cl)c2n1)Cc1cccs1. The topological polar surface area (TPSA) is 36.4 Å². The molecule has 3 aromatic rings. The monoisotopic (exact) mass is 332 g/mol. The zero-order chi connectivity index (χ0) is 15.4. The van der Waals surface area contributed by atoms with E-state index >= 15 is 0 Å². The van der Waals surface area contributed by atoms with Gasteiger partial charge in [-0.25, -0.2) is 4.98 Å². The summed E-state index contributed by atoms with van der Waals surface area (Å²) in [6, 6.07) is 14.0. The Balaban J connectivity index is 1.81. The normalized spacial score (nSPS) is 11.4. The lowest BCUT2D eigenvalue weighted by Crippen LogP contribution is -2.26. The van der Waals surface area contributed by atoms with Crippen LogP contribution in [0, 0.1) is 0 Å². The molecule has 0 atom stereocenters. The lowest BCUT2D eigenvalue weighted by Gasteiger charge is -2.20. The second-order valence-electron chi connectivity index (χ2n) is 5.13. The van der Waals surface area contributed by atoms with Gasteiger partial charge in [0.05, 0.1) is 22.8 Å². The molecule has 22 heavy (non-hydrogen) atoms. The number of para-hydroxylation sites is 1. The number of benzene rings is 1. The van der Waals surface area contributed by atoms with Crippen molar-refractivity contribution >= 4 is 33.8 Å². The molecule has 0 aliphatic heterocycles. The van der Waals surface area contributed by atoms with Crippen LogP contribution in [0.3, 0.4) is 0 Å². The van der Waals surface area contributed by atoms with Gasteiger partial charge in [0, 0.05) is 29.9 Å². The van der Waals surface area contributed by atoms with Crippen LogP contribution in [0.1, 0.15) is 10.6 Å². The van der Waals surface area contributed by atoms with E-state index in [2.05, 4.69) is 21.3 Å². The van der Waals surface area contributed by atoms with Crippen LogP contribution in [-0.4, -0.2) is 28.1 Å². The number of pyridine rings is 1. The van der Waals surface area contributed by atoms with Gasteiger partial charge < -0.3 is 5.11 Å². The minimum atomic E-state index is 0.139. The highest BCUT2D eigenvalue weighted by Crippen LogP contribution is 2.22. The summed E-state index contributed by atoms with van der Waals surface area (Å²) in [5.41, 5.74) is 1.80. The Bertz CT molecular complexity index is 746. The van der Waals surface area contributed by atoms with Gasteiger partial charge in [0.1, 0.15) is 0 Å². The van der Waals surface area contributed by atoms with E-state index in [4.69, 9.17) is 11.6 Å². The molecule has 2 aromatic heterocycles. The van der Waals surface area contributed by atoms with Crippen molar-refractivity contribution < 1.29 is 5.11 Å². The number of aliphatic hydroxyl groups is 1. The molecular formula is C17H17ClN2OS. The van der Waals surface area contributed by atoms with Crippen molar-refractivity contribution in [3.63, 3.8) is 0 Å². The number of aromatic nitrogens is 1. The van der Waals surface area contributed by atoms with E-state index in [1.165, 1.54) is 4.88 Å². The zero-order valence-corrected chi connectivity index (χ0v) is 13.6. The first-order valence-corrected chi connectivity index (χ1v) is 8.42. The van der Waals surface area contributed by atoms with Crippen molar-refractivity contribution in [2.24, 2.45) is 0 Å². The summed E-state index contributed by atoms with van der Waals surface area (Å²) < 4.78 is 0. The van der Waals surface area contributed by atoms with Crippen molar-refractivity contribution in [2.45, 2.75) is 13.1 Å². The Morgan fingerprint density at radius 3 is 2.77 bits per heavy atom. The molecule has 0 saturated carbocycles. The van der Waals surface area contributed by atoms with Gasteiger partial charge in [-0.3, -0.25) is 4.90 Å². The number of fused-ring (bicyclic) bond motifs is 1. The zero-order valence-electron chi connectivity index (χ0n) is 12.1. The van der Waals surface area contributed by atoms with E-state index in [1.54, 1.807) is 11.3 Å². The van der Waals surface area contributed by atoms with Crippen molar-refractivity contribution in [1.29, 1.82) is 0 Å². The standard InChI is InChI=1S/C17H17ClN2OS/c18-16-5-1-3-13-6-7-14(19-17(13)16)11-20(8-9-21)12-15-4-2-10-22-15/h1-7,10,21H,8-9,11-12H2. The summed E-state index contributed by atoms with van der Waals surface area (Å²) in [6.07, 6.45) is 0. The molecule has 0 spiro atoms. The molecule has 5 heteroatoms.